The monoisotopic (exact) mass is 414 g/mol. The van der Waals surface area contributed by atoms with Crippen molar-refractivity contribution in [3.05, 3.63) is 106 Å². The predicted octanol–water partition coefficient (Wildman–Crippen LogP) is 3.87. The molecule has 1 N–H and O–H groups in total. The molecule has 0 spiro atoms. The van der Waals surface area contributed by atoms with Crippen LogP contribution in [0.2, 0.25) is 0 Å². The highest BCUT2D eigenvalue weighted by Crippen LogP contribution is 2.22. The van der Waals surface area contributed by atoms with Crippen LogP contribution in [0.1, 0.15) is 22.3 Å². The van der Waals surface area contributed by atoms with E-state index in [9.17, 15) is 4.79 Å². The second kappa shape index (κ2) is 9.67. The summed E-state index contributed by atoms with van der Waals surface area (Å²) in [6.45, 7) is 2.43. The van der Waals surface area contributed by atoms with Gasteiger partial charge in [-0.2, -0.15) is 4.98 Å². The van der Waals surface area contributed by atoms with Crippen LogP contribution in [-0.2, 0) is 12.8 Å². The van der Waals surface area contributed by atoms with E-state index in [0.717, 1.165) is 28.2 Å². The molecule has 156 valence electrons. The van der Waals surface area contributed by atoms with Gasteiger partial charge in [-0.05, 0) is 47.9 Å². The second-order valence-electron chi connectivity index (χ2n) is 7.12. The SMILES string of the molecule is Cc1cccc(Oc2ccc(CCOc3nc(=O)c(Cc4cncnc4)c[nH]3)cc2)c1. The van der Waals surface area contributed by atoms with E-state index in [1.807, 2.05) is 55.5 Å². The molecule has 0 aliphatic rings. The van der Waals surface area contributed by atoms with Crippen molar-refractivity contribution in [2.75, 3.05) is 6.61 Å². The Balaban J connectivity index is 1.29. The Morgan fingerprint density at radius 1 is 0.968 bits per heavy atom. The first-order valence-corrected chi connectivity index (χ1v) is 9.94. The van der Waals surface area contributed by atoms with Gasteiger partial charge in [0.1, 0.15) is 17.8 Å². The standard InChI is InChI=1S/C24H22N4O3/c1-17-3-2-4-22(11-17)31-21-7-5-18(6-8-21)9-10-30-24-27-15-20(23(29)28-24)12-19-13-25-16-26-14-19/h2-8,11,13-16H,9-10,12H2,1H3,(H,27,28,29). The molecular weight excluding hydrogens is 392 g/mol. The number of benzene rings is 2. The van der Waals surface area contributed by atoms with Crippen molar-refractivity contribution in [2.45, 2.75) is 19.8 Å². The van der Waals surface area contributed by atoms with Crippen LogP contribution in [0, 0.1) is 6.92 Å². The summed E-state index contributed by atoms with van der Waals surface area (Å²) in [5, 5.41) is 0. The van der Waals surface area contributed by atoms with Crippen molar-refractivity contribution in [1.82, 2.24) is 19.9 Å². The first kappa shape index (κ1) is 20.3. The highest BCUT2D eigenvalue weighted by Gasteiger charge is 2.06. The number of nitrogens with zero attached hydrogens (tertiary/aromatic N) is 3. The molecule has 0 radical (unpaired) electrons. The zero-order valence-corrected chi connectivity index (χ0v) is 17.1. The van der Waals surface area contributed by atoms with Crippen LogP contribution in [-0.4, -0.2) is 26.5 Å². The van der Waals surface area contributed by atoms with Gasteiger partial charge in [0.2, 0.25) is 0 Å². The summed E-state index contributed by atoms with van der Waals surface area (Å²) >= 11 is 0. The molecule has 0 atom stereocenters. The first-order chi connectivity index (χ1) is 15.2. The molecule has 0 unspecified atom stereocenters. The molecule has 2 aromatic carbocycles. The van der Waals surface area contributed by atoms with Crippen molar-refractivity contribution in [3.63, 3.8) is 0 Å². The van der Waals surface area contributed by atoms with Crippen LogP contribution in [0.15, 0.2) is 78.2 Å². The van der Waals surface area contributed by atoms with E-state index in [1.54, 1.807) is 18.6 Å². The minimum absolute atomic E-state index is 0.206. The number of rotatable bonds is 8. The van der Waals surface area contributed by atoms with Crippen molar-refractivity contribution >= 4 is 0 Å². The van der Waals surface area contributed by atoms with Gasteiger partial charge in [0.15, 0.2) is 0 Å². The lowest BCUT2D eigenvalue weighted by molar-refractivity contribution is 0.295. The zero-order chi connectivity index (χ0) is 21.5. The lowest BCUT2D eigenvalue weighted by Crippen LogP contribution is -2.16. The minimum Gasteiger partial charge on any atom is -0.464 e. The molecule has 0 saturated heterocycles. The molecule has 2 aromatic heterocycles. The average Bonchev–Trinajstić information content (AvgIpc) is 2.78. The number of hydrogen-bond acceptors (Lipinski definition) is 6. The van der Waals surface area contributed by atoms with Crippen LogP contribution >= 0.6 is 0 Å². The number of ether oxygens (including phenoxy) is 2. The fraction of sp³-hybridized carbons (Fsp3) is 0.167. The highest BCUT2D eigenvalue weighted by molar-refractivity contribution is 5.35. The molecule has 4 aromatic rings. The van der Waals surface area contributed by atoms with Crippen LogP contribution < -0.4 is 15.0 Å². The smallest absolute Gasteiger partial charge is 0.296 e. The Morgan fingerprint density at radius 2 is 1.77 bits per heavy atom. The third-order valence-electron chi connectivity index (χ3n) is 4.63. The van der Waals surface area contributed by atoms with Gasteiger partial charge in [-0.25, -0.2) is 9.97 Å². The topological polar surface area (TPSA) is 90.0 Å². The lowest BCUT2D eigenvalue weighted by atomic mass is 10.1. The molecular formula is C24H22N4O3. The minimum atomic E-state index is -0.324. The maximum Gasteiger partial charge on any atom is 0.296 e. The fourth-order valence-electron chi connectivity index (χ4n) is 3.05. The normalized spacial score (nSPS) is 10.6. The summed E-state index contributed by atoms with van der Waals surface area (Å²) in [4.78, 5) is 27.0. The van der Waals surface area contributed by atoms with Gasteiger partial charge in [0.25, 0.3) is 11.6 Å². The predicted molar refractivity (Wildman–Crippen MR) is 117 cm³/mol. The van der Waals surface area contributed by atoms with Crippen molar-refractivity contribution < 1.29 is 9.47 Å². The number of aromatic amines is 1. The van der Waals surface area contributed by atoms with Gasteiger partial charge in [0, 0.05) is 37.0 Å². The van der Waals surface area contributed by atoms with E-state index >= 15 is 0 Å². The van der Waals surface area contributed by atoms with Gasteiger partial charge >= 0.3 is 0 Å². The van der Waals surface area contributed by atoms with E-state index in [2.05, 4.69) is 19.9 Å². The fourth-order valence-corrected chi connectivity index (χ4v) is 3.05. The maximum atomic E-state index is 12.2. The van der Waals surface area contributed by atoms with E-state index in [-0.39, 0.29) is 11.6 Å². The molecule has 31 heavy (non-hydrogen) atoms. The molecule has 0 amide bonds. The summed E-state index contributed by atoms with van der Waals surface area (Å²) in [6.07, 6.45) is 7.52. The van der Waals surface area contributed by atoms with E-state index in [1.165, 1.54) is 6.33 Å². The second-order valence-corrected chi connectivity index (χ2v) is 7.12. The van der Waals surface area contributed by atoms with Crippen LogP contribution in [0.3, 0.4) is 0 Å². The average molecular weight is 414 g/mol. The van der Waals surface area contributed by atoms with E-state index in [0.29, 0.717) is 25.0 Å². The molecule has 4 rings (SSSR count). The zero-order valence-electron chi connectivity index (χ0n) is 17.1. The number of aryl methyl sites for hydroxylation is 1. The van der Waals surface area contributed by atoms with Gasteiger partial charge < -0.3 is 14.5 Å². The number of hydrogen-bond donors (Lipinski definition) is 1. The molecule has 0 fully saturated rings. The third kappa shape index (κ3) is 5.76. The summed E-state index contributed by atoms with van der Waals surface area (Å²) in [6, 6.07) is 16.0. The van der Waals surface area contributed by atoms with E-state index < -0.39 is 0 Å². The van der Waals surface area contributed by atoms with Gasteiger partial charge in [-0.3, -0.25) is 4.79 Å². The summed E-state index contributed by atoms with van der Waals surface area (Å²) < 4.78 is 11.5. The summed E-state index contributed by atoms with van der Waals surface area (Å²) in [5.41, 5.74) is 3.31. The molecule has 0 saturated carbocycles. The number of H-pyrrole nitrogens is 1. The molecule has 2 heterocycles. The number of nitrogens with one attached hydrogen (secondary N) is 1. The van der Waals surface area contributed by atoms with Crippen LogP contribution in [0.5, 0.6) is 17.5 Å². The highest BCUT2D eigenvalue weighted by atomic mass is 16.5. The van der Waals surface area contributed by atoms with E-state index in [4.69, 9.17) is 9.47 Å². The molecule has 0 aliphatic carbocycles. The third-order valence-corrected chi connectivity index (χ3v) is 4.63. The lowest BCUT2D eigenvalue weighted by Gasteiger charge is -2.08. The van der Waals surface area contributed by atoms with Gasteiger partial charge in [0.05, 0.1) is 6.61 Å². The Labute approximate surface area is 179 Å². The largest absolute Gasteiger partial charge is 0.464 e. The number of aromatic nitrogens is 4. The van der Waals surface area contributed by atoms with Gasteiger partial charge in [-0.15, -0.1) is 0 Å². The van der Waals surface area contributed by atoms with Crippen LogP contribution in [0.25, 0.3) is 0 Å². The van der Waals surface area contributed by atoms with Crippen LogP contribution in [0.4, 0.5) is 0 Å². The molecule has 7 heteroatoms. The summed E-state index contributed by atoms with van der Waals surface area (Å²) in [5.74, 6) is 1.59. The van der Waals surface area contributed by atoms with Gasteiger partial charge in [-0.1, -0.05) is 24.3 Å². The Morgan fingerprint density at radius 3 is 2.52 bits per heavy atom. The first-order valence-electron chi connectivity index (χ1n) is 9.94. The molecule has 7 nitrogen and oxygen atoms in total. The molecule has 0 bridgehead atoms. The summed E-state index contributed by atoms with van der Waals surface area (Å²) in [7, 11) is 0. The Bertz CT molecular complexity index is 1190. The van der Waals surface area contributed by atoms with Crippen molar-refractivity contribution in [3.8, 4) is 17.5 Å². The molecule has 0 aliphatic heterocycles. The van der Waals surface area contributed by atoms with Crippen molar-refractivity contribution in [2.24, 2.45) is 0 Å². The Kier molecular flexibility index (Phi) is 6.32. The Hall–Kier alpha value is -4.00. The quantitative estimate of drug-likeness (QED) is 0.471. The maximum absolute atomic E-state index is 12.2. The van der Waals surface area contributed by atoms with Crippen molar-refractivity contribution in [1.29, 1.82) is 0 Å².